The highest BCUT2D eigenvalue weighted by atomic mass is 32.1. The molecule has 0 spiro atoms. The summed E-state index contributed by atoms with van der Waals surface area (Å²) in [6, 6.07) is 10.3. The number of amides is 1. The van der Waals surface area contributed by atoms with Crippen LogP contribution in [0.15, 0.2) is 42.5 Å². The molecule has 0 radical (unpaired) electrons. The van der Waals surface area contributed by atoms with Crippen molar-refractivity contribution in [1.82, 2.24) is 14.8 Å². The van der Waals surface area contributed by atoms with Crippen LogP contribution in [0, 0.1) is 6.92 Å². The number of anilines is 1. The number of aryl methyl sites for hydroxylation is 1. The number of nitrogens with zero attached hydrogens (tertiary/aromatic N) is 4. The molecule has 0 aliphatic carbocycles. The van der Waals surface area contributed by atoms with Gasteiger partial charge in [-0.15, -0.1) is 11.3 Å². The van der Waals surface area contributed by atoms with Crippen LogP contribution < -0.4 is 9.64 Å². The molecule has 2 saturated heterocycles. The number of hydrogen-bond donors (Lipinski definition) is 1. The van der Waals surface area contributed by atoms with Crippen molar-refractivity contribution in [1.29, 1.82) is 0 Å². The van der Waals surface area contributed by atoms with E-state index in [1.165, 1.54) is 11.0 Å². The molecule has 2 aromatic carbocycles. The number of hydrogen-bond acceptors (Lipinski definition) is 7. The largest absolute Gasteiger partial charge is 0.491 e. The lowest BCUT2D eigenvalue weighted by molar-refractivity contribution is -0.137. The molecule has 0 bridgehead atoms. The number of β-amino-alcohol motifs (C(OH)–C–C–N with tert-alkyl or cyclic N) is 1. The maximum atomic E-state index is 13.1. The Morgan fingerprint density at radius 2 is 1.92 bits per heavy atom. The predicted molar refractivity (Wildman–Crippen MR) is 136 cm³/mol. The van der Waals surface area contributed by atoms with Gasteiger partial charge in [0, 0.05) is 51.0 Å². The first-order chi connectivity index (χ1) is 17.7. The summed E-state index contributed by atoms with van der Waals surface area (Å²) in [5.74, 6) is 0.514. The number of aliphatic hydroxyl groups excluding tert-OH is 1. The van der Waals surface area contributed by atoms with E-state index in [0.717, 1.165) is 27.4 Å². The Hall–Kier alpha value is -2.73. The molecule has 2 unspecified atom stereocenters. The van der Waals surface area contributed by atoms with Crippen LogP contribution in [0.2, 0.25) is 0 Å². The smallest absolute Gasteiger partial charge is 0.416 e. The Kier molecular flexibility index (Phi) is 7.39. The van der Waals surface area contributed by atoms with Crippen molar-refractivity contribution in [3.63, 3.8) is 0 Å². The molecule has 3 heterocycles. The van der Waals surface area contributed by atoms with E-state index in [9.17, 15) is 23.1 Å². The van der Waals surface area contributed by atoms with E-state index in [2.05, 4.69) is 14.8 Å². The molecule has 2 aliphatic rings. The maximum absolute atomic E-state index is 13.1. The lowest BCUT2D eigenvalue weighted by atomic mass is 10.1. The van der Waals surface area contributed by atoms with Crippen molar-refractivity contribution >= 4 is 33.1 Å². The highest BCUT2D eigenvalue weighted by Crippen LogP contribution is 2.33. The summed E-state index contributed by atoms with van der Waals surface area (Å²) in [6.07, 6.45) is -4.53. The van der Waals surface area contributed by atoms with Gasteiger partial charge >= 0.3 is 6.18 Å². The fraction of sp³-hybridized carbons (Fsp3) is 0.462. The zero-order valence-corrected chi connectivity index (χ0v) is 21.3. The van der Waals surface area contributed by atoms with E-state index in [-0.39, 0.29) is 24.2 Å². The second-order valence-corrected chi connectivity index (χ2v) is 10.7. The zero-order chi connectivity index (χ0) is 26.2. The molecular weight excluding hydrogens is 505 g/mol. The number of aromatic nitrogens is 1. The van der Waals surface area contributed by atoms with Crippen LogP contribution in [0.4, 0.5) is 18.9 Å². The molecule has 11 heteroatoms. The Morgan fingerprint density at radius 1 is 1.14 bits per heavy atom. The van der Waals surface area contributed by atoms with E-state index in [4.69, 9.17) is 4.74 Å². The number of piperazine rings is 1. The minimum absolute atomic E-state index is 0.159. The number of thiazole rings is 1. The SMILES string of the molecule is Cc1nc2cc(OCC(O)CN3CCN(C4CCN(c5cccc(C(F)(F)F)c5)C4=O)CC3)ccc2s1. The molecule has 1 amide bonds. The number of benzene rings is 2. The van der Waals surface area contributed by atoms with Crippen molar-refractivity contribution in [2.24, 2.45) is 0 Å². The van der Waals surface area contributed by atoms with Crippen LogP contribution in [0.25, 0.3) is 10.2 Å². The molecule has 3 aromatic rings. The third kappa shape index (κ3) is 5.90. The van der Waals surface area contributed by atoms with Gasteiger partial charge in [-0.25, -0.2) is 4.98 Å². The van der Waals surface area contributed by atoms with Crippen LogP contribution >= 0.6 is 11.3 Å². The molecule has 1 N–H and O–H groups in total. The number of carbonyl (C=O) groups excluding carboxylic acids is 1. The van der Waals surface area contributed by atoms with Gasteiger partial charge in [0.05, 0.1) is 26.8 Å². The molecular formula is C26H29F3N4O3S. The molecule has 2 fully saturated rings. The van der Waals surface area contributed by atoms with Crippen molar-refractivity contribution in [3.8, 4) is 5.75 Å². The molecule has 198 valence electrons. The second-order valence-electron chi connectivity index (χ2n) is 9.51. The quantitative estimate of drug-likeness (QED) is 0.498. The molecule has 0 saturated carbocycles. The van der Waals surface area contributed by atoms with Crippen molar-refractivity contribution in [3.05, 3.63) is 53.0 Å². The molecule has 2 atom stereocenters. The lowest BCUT2D eigenvalue weighted by Gasteiger charge is -2.37. The number of halogens is 3. The van der Waals surface area contributed by atoms with E-state index < -0.39 is 17.8 Å². The fourth-order valence-electron chi connectivity index (χ4n) is 5.02. The molecule has 7 nitrogen and oxygen atoms in total. The third-order valence-corrected chi connectivity index (χ3v) is 7.84. The van der Waals surface area contributed by atoms with Crippen LogP contribution in [0.5, 0.6) is 5.75 Å². The van der Waals surface area contributed by atoms with Crippen LogP contribution in [0.1, 0.15) is 17.0 Å². The lowest BCUT2D eigenvalue weighted by Crippen LogP contribution is -2.54. The van der Waals surface area contributed by atoms with Gasteiger partial charge in [-0.1, -0.05) is 6.07 Å². The average Bonchev–Trinajstić information content (AvgIpc) is 3.44. The molecule has 1 aromatic heterocycles. The third-order valence-electron chi connectivity index (χ3n) is 6.89. The summed E-state index contributed by atoms with van der Waals surface area (Å²) in [7, 11) is 0. The Morgan fingerprint density at radius 3 is 2.68 bits per heavy atom. The number of aliphatic hydroxyl groups is 1. The van der Waals surface area contributed by atoms with Gasteiger partial charge < -0.3 is 14.7 Å². The number of carbonyl (C=O) groups is 1. The van der Waals surface area contributed by atoms with Gasteiger partial charge in [0.25, 0.3) is 0 Å². The minimum atomic E-state index is -4.45. The van der Waals surface area contributed by atoms with Crippen molar-refractivity contribution in [2.75, 3.05) is 50.8 Å². The Bertz CT molecular complexity index is 1260. The van der Waals surface area contributed by atoms with E-state index in [0.29, 0.717) is 51.4 Å². The van der Waals surface area contributed by atoms with E-state index in [1.54, 1.807) is 17.4 Å². The summed E-state index contributed by atoms with van der Waals surface area (Å²) < 4.78 is 46.2. The van der Waals surface area contributed by atoms with Gasteiger partial charge in [0.2, 0.25) is 5.91 Å². The van der Waals surface area contributed by atoms with Crippen molar-refractivity contribution < 1.29 is 27.8 Å². The number of rotatable bonds is 7. The number of ether oxygens (including phenoxy) is 1. The van der Waals surface area contributed by atoms with Gasteiger partial charge in [-0.2, -0.15) is 13.2 Å². The Balaban J connectivity index is 1.09. The standard InChI is InChI=1S/C26H29F3N4O3S/c1-17-30-22-14-21(5-6-24(22)37-17)36-16-20(34)15-31-9-11-32(12-10-31)23-7-8-33(25(23)35)19-4-2-3-18(13-19)26(27,28)29/h2-6,13-14,20,23,34H,7-12,15-16H2,1H3. The van der Waals surface area contributed by atoms with E-state index >= 15 is 0 Å². The first-order valence-corrected chi connectivity index (χ1v) is 13.1. The molecule has 37 heavy (non-hydrogen) atoms. The summed E-state index contributed by atoms with van der Waals surface area (Å²) >= 11 is 1.63. The Labute approximate surface area is 217 Å². The van der Waals surface area contributed by atoms with Crippen LogP contribution in [-0.4, -0.2) is 83.8 Å². The minimum Gasteiger partial charge on any atom is -0.491 e. The molecule has 2 aliphatic heterocycles. The first kappa shape index (κ1) is 25.9. The van der Waals surface area contributed by atoms with Crippen LogP contribution in [-0.2, 0) is 11.0 Å². The zero-order valence-electron chi connectivity index (χ0n) is 20.4. The maximum Gasteiger partial charge on any atom is 0.416 e. The highest BCUT2D eigenvalue weighted by Gasteiger charge is 2.39. The van der Waals surface area contributed by atoms with Gasteiger partial charge in [-0.05, 0) is 43.7 Å². The number of alkyl halides is 3. The summed E-state index contributed by atoms with van der Waals surface area (Å²) in [6.45, 7) is 5.67. The van der Waals surface area contributed by atoms with Gasteiger partial charge in [0.1, 0.15) is 18.5 Å². The number of fused-ring (bicyclic) bond motifs is 1. The highest BCUT2D eigenvalue weighted by molar-refractivity contribution is 7.18. The van der Waals surface area contributed by atoms with Crippen LogP contribution in [0.3, 0.4) is 0 Å². The monoisotopic (exact) mass is 534 g/mol. The fourth-order valence-corrected chi connectivity index (χ4v) is 5.83. The average molecular weight is 535 g/mol. The normalized spacial score (nSPS) is 20.6. The predicted octanol–water partition coefficient (Wildman–Crippen LogP) is 3.79. The second kappa shape index (κ2) is 10.6. The van der Waals surface area contributed by atoms with Gasteiger partial charge in [-0.3, -0.25) is 14.6 Å². The first-order valence-electron chi connectivity index (χ1n) is 12.3. The van der Waals surface area contributed by atoms with Crippen molar-refractivity contribution in [2.45, 2.75) is 31.7 Å². The van der Waals surface area contributed by atoms with Gasteiger partial charge in [0.15, 0.2) is 0 Å². The summed E-state index contributed by atoms with van der Waals surface area (Å²) in [4.78, 5) is 23.2. The summed E-state index contributed by atoms with van der Waals surface area (Å²) in [5.41, 5.74) is 0.419. The van der Waals surface area contributed by atoms with E-state index in [1.807, 2.05) is 25.1 Å². The topological polar surface area (TPSA) is 69.1 Å². The molecule has 5 rings (SSSR count). The summed E-state index contributed by atoms with van der Waals surface area (Å²) in [5, 5.41) is 11.5.